The van der Waals surface area contributed by atoms with Crippen LogP contribution in [0.3, 0.4) is 0 Å². The molecule has 2 aliphatic heterocycles. The fourth-order valence-corrected chi connectivity index (χ4v) is 3.29. The van der Waals surface area contributed by atoms with Gasteiger partial charge in [-0.15, -0.1) is 0 Å². The summed E-state index contributed by atoms with van der Waals surface area (Å²) in [6, 6.07) is 0.793. The third kappa shape index (κ3) is 1.71. The minimum Gasteiger partial charge on any atom is -0.375 e. The molecular weight excluding hydrogens is 188 g/mol. The Labute approximate surface area is 91.9 Å². The molecule has 3 heteroatoms. The van der Waals surface area contributed by atoms with Crippen LogP contribution in [0.2, 0.25) is 0 Å². The fraction of sp³-hybridized carbons (Fsp3) is 1.00. The van der Waals surface area contributed by atoms with Crippen LogP contribution in [0.25, 0.3) is 0 Å². The van der Waals surface area contributed by atoms with Crippen LogP contribution in [0.1, 0.15) is 32.1 Å². The fourth-order valence-electron chi connectivity index (χ4n) is 3.29. The van der Waals surface area contributed by atoms with Crippen molar-refractivity contribution in [1.29, 1.82) is 0 Å². The molecule has 0 aromatic carbocycles. The molecule has 1 saturated carbocycles. The Hall–Kier alpha value is -0.120. The van der Waals surface area contributed by atoms with Crippen LogP contribution in [-0.4, -0.2) is 42.8 Å². The van der Waals surface area contributed by atoms with E-state index < -0.39 is 0 Å². The standard InChI is InChI=1S/C12H22N2O/c13-7-10-8-14(9-10)11-2-5-15-12(6-11)3-1-4-12/h10-11H,1-9,13H2. The SMILES string of the molecule is NCC1CN(C2CCOC3(CCC3)C2)C1. The van der Waals surface area contributed by atoms with Crippen LogP contribution >= 0.6 is 0 Å². The summed E-state index contributed by atoms with van der Waals surface area (Å²) in [4.78, 5) is 2.63. The maximum Gasteiger partial charge on any atom is 0.0697 e. The van der Waals surface area contributed by atoms with Gasteiger partial charge in [-0.05, 0) is 44.6 Å². The van der Waals surface area contributed by atoms with Crippen molar-refractivity contribution in [3.8, 4) is 0 Å². The van der Waals surface area contributed by atoms with Gasteiger partial charge in [-0.2, -0.15) is 0 Å². The van der Waals surface area contributed by atoms with Crippen LogP contribution in [0.15, 0.2) is 0 Å². The second kappa shape index (κ2) is 3.72. The Morgan fingerprint density at radius 1 is 1.33 bits per heavy atom. The molecule has 0 amide bonds. The lowest BCUT2D eigenvalue weighted by Gasteiger charge is -2.53. The van der Waals surface area contributed by atoms with Gasteiger partial charge in [0.1, 0.15) is 0 Å². The Bertz CT molecular complexity index is 234. The monoisotopic (exact) mass is 210 g/mol. The molecule has 2 heterocycles. The maximum absolute atomic E-state index is 5.95. The van der Waals surface area contributed by atoms with Gasteiger partial charge in [0.2, 0.25) is 0 Å². The number of rotatable bonds is 2. The number of hydrogen-bond acceptors (Lipinski definition) is 3. The zero-order valence-corrected chi connectivity index (χ0v) is 9.45. The predicted octanol–water partition coefficient (Wildman–Crippen LogP) is 0.979. The van der Waals surface area contributed by atoms with E-state index in [1.807, 2.05) is 0 Å². The lowest BCUT2D eigenvalue weighted by Crippen LogP contribution is -2.59. The highest BCUT2D eigenvalue weighted by atomic mass is 16.5. The molecule has 86 valence electrons. The highest BCUT2D eigenvalue weighted by Crippen LogP contribution is 2.44. The lowest BCUT2D eigenvalue weighted by molar-refractivity contribution is -0.157. The first kappa shape index (κ1) is 10.1. The van der Waals surface area contributed by atoms with Gasteiger partial charge in [-0.3, -0.25) is 4.90 Å². The maximum atomic E-state index is 5.95. The van der Waals surface area contributed by atoms with Crippen LogP contribution in [-0.2, 0) is 4.74 Å². The third-order valence-corrected chi connectivity index (χ3v) is 4.57. The van der Waals surface area contributed by atoms with Crippen LogP contribution in [0.4, 0.5) is 0 Å². The molecule has 1 aliphatic carbocycles. The smallest absolute Gasteiger partial charge is 0.0697 e. The number of nitrogens with two attached hydrogens (primary N) is 1. The van der Waals surface area contributed by atoms with Crippen molar-refractivity contribution in [2.75, 3.05) is 26.2 Å². The number of ether oxygens (including phenoxy) is 1. The minimum absolute atomic E-state index is 0.302. The lowest BCUT2D eigenvalue weighted by atomic mass is 9.73. The molecule has 3 fully saturated rings. The first-order valence-corrected chi connectivity index (χ1v) is 6.39. The molecule has 3 nitrogen and oxygen atoms in total. The summed E-state index contributed by atoms with van der Waals surface area (Å²) >= 11 is 0. The zero-order valence-electron chi connectivity index (χ0n) is 9.45. The van der Waals surface area contributed by atoms with Crippen molar-refractivity contribution < 1.29 is 4.74 Å². The predicted molar refractivity (Wildman–Crippen MR) is 59.7 cm³/mol. The molecule has 1 spiro atoms. The molecule has 3 rings (SSSR count). The molecule has 1 atom stereocenters. The van der Waals surface area contributed by atoms with E-state index in [2.05, 4.69) is 4.90 Å². The molecule has 2 N–H and O–H groups in total. The second-order valence-electron chi connectivity index (χ2n) is 5.59. The number of nitrogens with zero attached hydrogens (tertiary/aromatic N) is 1. The number of likely N-dealkylation sites (tertiary alicyclic amines) is 1. The average Bonchev–Trinajstić information content (AvgIpc) is 2.14. The summed E-state index contributed by atoms with van der Waals surface area (Å²) in [5, 5.41) is 0. The molecule has 0 aromatic rings. The highest BCUT2D eigenvalue weighted by Gasteiger charge is 2.45. The normalized spacial score (nSPS) is 36.2. The third-order valence-electron chi connectivity index (χ3n) is 4.57. The van der Waals surface area contributed by atoms with Gasteiger partial charge in [0.05, 0.1) is 5.60 Å². The van der Waals surface area contributed by atoms with E-state index in [4.69, 9.17) is 10.5 Å². The second-order valence-corrected chi connectivity index (χ2v) is 5.59. The quantitative estimate of drug-likeness (QED) is 0.738. The molecule has 1 unspecified atom stereocenters. The summed E-state index contributed by atoms with van der Waals surface area (Å²) in [6.07, 6.45) is 6.50. The van der Waals surface area contributed by atoms with Crippen LogP contribution < -0.4 is 5.73 Å². The molecule has 15 heavy (non-hydrogen) atoms. The van der Waals surface area contributed by atoms with Crippen molar-refractivity contribution >= 4 is 0 Å². The van der Waals surface area contributed by atoms with E-state index >= 15 is 0 Å². The molecule has 0 radical (unpaired) electrons. The largest absolute Gasteiger partial charge is 0.375 e. The van der Waals surface area contributed by atoms with Gasteiger partial charge in [0, 0.05) is 25.7 Å². The zero-order chi connectivity index (χ0) is 10.3. The van der Waals surface area contributed by atoms with E-state index in [-0.39, 0.29) is 0 Å². The van der Waals surface area contributed by atoms with E-state index in [0.29, 0.717) is 5.60 Å². The first-order chi connectivity index (χ1) is 7.31. The van der Waals surface area contributed by atoms with Crippen molar-refractivity contribution in [3.63, 3.8) is 0 Å². The molecule has 0 aromatic heterocycles. The van der Waals surface area contributed by atoms with Gasteiger partial charge in [-0.1, -0.05) is 0 Å². The Morgan fingerprint density at radius 2 is 2.13 bits per heavy atom. The van der Waals surface area contributed by atoms with Crippen molar-refractivity contribution in [3.05, 3.63) is 0 Å². The summed E-state index contributed by atoms with van der Waals surface area (Å²) in [7, 11) is 0. The van der Waals surface area contributed by atoms with E-state index in [9.17, 15) is 0 Å². The average molecular weight is 210 g/mol. The Balaban J connectivity index is 1.54. The molecule has 0 bridgehead atoms. The summed E-state index contributed by atoms with van der Waals surface area (Å²) in [6.45, 7) is 4.31. The molecular formula is C12H22N2O. The minimum atomic E-state index is 0.302. The summed E-state index contributed by atoms with van der Waals surface area (Å²) < 4.78 is 5.95. The van der Waals surface area contributed by atoms with Gasteiger partial charge < -0.3 is 10.5 Å². The highest BCUT2D eigenvalue weighted by molar-refractivity contribution is 4.98. The van der Waals surface area contributed by atoms with E-state index in [1.165, 1.54) is 45.2 Å². The van der Waals surface area contributed by atoms with Gasteiger partial charge in [0.25, 0.3) is 0 Å². The van der Waals surface area contributed by atoms with Gasteiger partial charge in [-0.25, -0.2) is 0 Å². The van der Waals surface area contributed by atoms with Gasteiger partial charge >= 0.3 is 0 Å². The number of hydrogen-bond donors (Lipinski definition) is 1. The van der Waals surface area contributed by atoms with Gasteiger partial charge in [0.15, 0.2) is 0 Å². The Morgan fingerprint density at radius 3 is 2.73 bits per heavy atom. The summed E-state index contributed by atoms with van der Waals surface area (Å²) in [5.41, 5.74) is 5.97. The van der Waals surface area contributed by atoms with Crippen LogP contribution in [0.5, 0.6) is 0 Å². The summed E-state index contributed by atoms with van der Waals surface area (Å²) in [5.74, 6) is 0.769. The van der Waals surface area contributed by atoms with Crippen molar-refractivity contribution in [2.24, 2.45) is 11.7 Å². The van der Waals surface area contributed by atoms with E-state index in [0.717, 1.165) is 25.1 Å². The molecule has 3 aliphatic rings. The molecule has 2 saturated heterocycles. The first-order valence-electron chi connectivity index (χ1n) is 6.39. The van der Waals surface area contributed by atoms with Crippen molar-refractivity contribution in [2.45, 2.75) is 43.7 Å². The van der Waals surface area contributed by atoms with E-state index in [1.54, 1.807) is 0 Å². The van der Waals surface area contributed by atoms with Crippen molar-refractivity contribution in [1.82, 2.24) is 4.90 Å². The topological polar surface area (TPSA) is 38.5 Å². The Kier molecular flexibility index (Phi) is 2.49. The van der Waals surface area contributed by atoms with Crippen LogP contribution in [0, 0.1) is 5.92 Å².